The molecule has 3 rings (SSSR count). The second kappa shape index (κ2) is 4.74. The Morgan fingerprint density at radius 1 is 1.29 bits per heavy atom. The van der Waals surface area contributed by atoms with Gasteiger partial charge >= 0.3 is 0 Å². The molecule has 1 N–H and O–H groups in total. The monoisotopic (exact) mass is 237 g/mol. The Morgan fingerprint density at radius 3 is 3.00 bits per heavy atom. The fourth-order valence-corrected chi connectivity index (χ4v) is 2.75. The number of aryl methyl sites for hydroxylation is 1. The normalized spacial score (nSPS) is 29.0. The molecular formula is C12H19N3O2. The van der Waals surface area contributed by atoms with Crippen molar-refractivity contribution in [2.75, 3.05) is 13.2 Å². The van der Waals surface area contributed by atoms with E-state index in [1.807, 2.05) is 0 Å². The highest BCUT2D eigenvalue weighted by Crippen LogP contribution is 2.29. The van der Waals surface area contributed by atoms with Crippen LogP contribution in [-0.4, -0.2) is 33.1 Å². The van der Waals surface area contributed by atoms with E-state index in [1.165, 1.54) is 6.42 Å². The first kappa shape index (κ1) is 11.2. The van der Waals surface area contributed by atoms with E-state index in [-0.39, 0.29) is 12.7 Å². The molecule has 0 amide bonds. The van der Waals surface area contributed by atoms with Crippen molar-refractivity contribution in [3.8, 4) is 0 Å². The van der Waals surface area contributed by atoms with Crippen molar-refractivity contribution in [1.29, 1.82) is 0 Å². The minimum absolute atomic E-state index is 0.113. The first-order valence-electron chi connectivity index (χ1n) is 6.53. The number of aliphatic hydroxyl groups excluding tert-OH is 1. The third kappa shape index (κ3) is 2.09. The van der Waals surface area contributed by atoms with Crippen LogP contribution in [0.1, 0.15) is 43.4 Å². The molecule has 5 heteroatoms. The lowest BCUT2D eigenvalue weighted by molar-refractivity contribution is 0.00592. The van der Waals surface area contributed by atoms with Crippen LogP contribution in [-0.2, 0) is 17.7 Å². The lowest BCUT2D eigenvalue weighted by atomic mass is 10.00. The molecule has 0 aliphatic carbocycles. The molecule has 2 aliphatic heterocycles. The van der Waals surface area contributed by atoms with Crippen LogP contribution in [0.5, 0.6) is 0 Å². The molecule has 0 saturated carbocycles. The van der Waals surface area contributed by atoms with Gasteiger partial charge in [0.15, 0.2) is 5.82 Å². The van der Waals surface area contributed by atoms with E-state index in [1.54, 1.807) is 0 Å². The average Bonchev–Trinajstić information content (AvgIpc) is 2.82. The molecule has 0 bridgehead atoms. The van der Waals surface area contributed by atoms with E-state index in [0.29, 0.717) is 5.92 Å². The van der Waals surface area contributed by atoms with Gasteiger partial charge in [-0.1, -0.05) is 0 Å². The van der Waals surface area contributed by atoms with E-state index in [4.69, 9.17) is 4.74 Å². The van der Waals surface area contributed by atoms with Crippen molar-refractivity contribution >= 4 is 0 Å². The van der Waals surface area contributed by atoms with E-state index < -0.39 is 0 Å². The number of nitrogens with zero attached hydrogens (tertiary/aromatic N) is 3. The molecule has 0 spiro atoms. The smallest absolute Gasteiger partial charge is 0.162 e. The highest BCUT2D eigenvalue weighted by atomic mass is 16.5. The minimum atomic E-state index is 0.113. The Labute approximate surface area is 101 Å². The maximum atomic E-state index is 9.27. The molecule has 1 fully saturated rings. The van der Waals surface area contributed by atoms with Crippen LogP contribution in [0.15, 0.2) is 0 Å². The summed E-state index contributed by atoms with van der Waals surface area (Å²) in [5.74, 6) is 2.37. The van der Waals surface area contributed by atoms with Gasteiger partial charge in [0.1, 0.15) is 11.9 Å². The summed E-state index contributed by atoms with van der Waals surface area (Å²) in [4.78, 5) is 0. The topological polar surface area (TPSA) is 60.2 Å². The first-order valence-corrected chi connectivity index (χ1v) is 6.53. The number of rotatable bonds is 2. The van der Waals surface area contributed by atoms with Crippen molar-refractivity contribution in [2.45, 2.75) is 44.8 Å². The molecule has 1 aromatic rings. The van der Waals surface area contributed by atoms with Crippen molar-refractivity contribution in [2.24, 2.45) is 5.92 Å². The van der Waals surface area contributed by atoms with Gasteiger partial charge in [-0.25, -0.2) is 0 Å². The number of ether oxygens (including phenoxy) is 1. The van der Waals surface area contributed by atoms with Crippen molar-refractivity contribution in [3.63, 3.8) is 0 Å². The van der Waals surface area contributed by atoms with Crippen LogP contribution in [0.2, 0.25) is 0 Å². The SMILES string of the molecule is OCC1CCc2nnc(C3CCCCO3)n2C1. The van der Waals surface area contributed by atoms with E-state index in [0.717, 1.165) is 50.5 Å². The quantitative estimate of drug-likeness (QED) is 0.836. The number of aliphatic hydroxyl groups is 1. The fraction of sp³-hybridized carbons (Fsp3) is 0.833. The van der Waals surface area contributed by atoms with Gasteiger partial charge in [0.25, 0.3) is 0 Å². The van der Waals surface area contributed by atoms with Crippen LogP contribution in [0.4, 0.5) is 0 Å². The Hall–Kier alpha value is -0.940. The van der Waals surface area contributed by atoms with Gasteiger partial charge in [-0.2, -0.15) is 0 Å². The van der Waals surface area contributed by atoms with Crippen LogP contribution < -0.4 is 0 Å². The predicted octanol–water partition coefficient (Wildman–Crippen LogP) is 1.07. The molecule has 17 heavy (non-hydrogen) atoms. The molecule has 0 radical (unpaired) electrons. The van der Waals surface area contributed by atoms with Gasteiger partial charge < -0.3 is 14.4 Å². The standard InChI is InChI=1S/C12H19N3O2/c16-8-9-4-5-11-13-14-12(15(11)7-9)10-3-1-2-6-17-10/h9-10,16H,1-8H2. The Kier molecular flexibility index (Phi) is 3.11. The summed E-state index contributed by atoms with van der Waals surface area (Å²) in [6, 6.07) is 0. The van der Waals surface area contributed by atoms with Gasteiger partial charge in [0, 0.05) is 32.1 Å². The number of fused-ring (bicyclic) bond motifs is 1. The lowest BCUT2D eigenvalue weighted by Gasteiger charge is -2.26. The van der Waals surface area contributed by atoms with Gasteiger partial charge in [0.05, 0.1) is 0 Å². The zero-order valence-electron chi connectivity index (χ0n) is 10.0. The van der Waals surface area contributed by atoms with Crippen LogP contribution >= 0.6 is 0 Å². The molecule has 0 aromatic carbocycles. The van der Waals surface area contributed by atoms with Crippen LogP contribution in [0.25, 0.3) is 0 Å². The number of hydrogen-bond donors (Lipinski definition) is 1. The third-order valence-electron chi connectivity index (χ3n) is 3.80. The molecule has 2 unspecified atom stereocenters. The summed E-state index contributed by atoms with van der Waals surface area (Å²) in [5.41, 5.74) is 0. The maximum absolute atomic E-state index is 9.27. The van der Waals surface area contributed by atoms with E-state index >= 15 is 0 Å². The summed E-state index contributed by atoms with van der Waals surface area (Å²) in [6.07, 6.45) is 5.45. The van der Waals surface area contributed by atoms with Crippen molar-refractivity contribution in [3.05, 3.63) is 11.6 Å². The van der Waals surface area contributed by atoms with E-state index in [2.05, 4.69) is 14.8 Å². The minimum Gasteiger partial charge on any atom is -0.396 e. The highest BCUT2D eigenvalue weighted by molar-refractivity contribution is 5.03. The van der Waals surface area contributed by atoms with Gasteiger partial charge in [-0.15, -0.1) is 10.2 Å². The van der Waals surface area contributed by atoms with E-state index in [9.17, 15) is 5.11 Å². The zero-order chi connectivity index (χ0) is 11.7. The zero-order valence-corrected chi connectivity index (χ0v) is 10.0. The van der Waals surface area contributed by atoms with Gasteiger partial charge in [-0.3, -0.25) is 0 Å². The lowest BCUT2D eigenvalue weighted by Crippen LogP contribution is -2.26. The predicted molar refractivity (Wildman–Crippen MR) is 61.5 cm³/mol. The molecule has 5 nitrogen and oxygen atoms in total. The van der Waals surface area contributed by atoms with Gasteiger partial charge in [-0.05, 0) is 25.7 Å². The van der Waals surface area contributed by atoms with Crippen LogP contribution in [0.3, 0.4) is 0 Å². The summed E-state index contributed by atoms with van der Waals surface area (Å²) in [6.45, 7) is 1.92. The number of aromatic nitrogens is 3. The molecule has 2 atom stereocenters. The maximum Gasteiger partial charge on any atom is 0.162 e. The van der Waals surface area contributed by atoms with Gasteiger partial charge in [0.2, 0.25) is 0 Å². The Bertz CT molecular complexity index is 385. The molecule has 3 heterocycles. The molecule has 2 aliphatic rings. The molecule has 1 saturated heterocycles. The fourth-order valence-electron chi connectivity index (χ4n) is 2.75. The second-order valence-electron chi connectivity index (χ2n) is 5.03. The third-order valence-corrected chi connectivity index (χ3v) is 3.80. The molecule has 94 valence electrons. The average molecular weight is 237 g/mol. The highest BCUT2D eigenvalue weighted by Gasteiger charge is 2.27. The molecular weight excluding hydrogens is 218 g/mol. The molecule has 1 aromatic heterocycles. The summed E-state index contributed by atoms with van der Waals surface area (Å²) >= 11 is 0. The second-order valence-corrected chi connectivity index (χ2v) is 5.03. The summed E-state index contributed by atoms with van der Waals surface area (Å²) < 4.78 is 7.94. The number of hydrogen-bond acceptors (Lipinski definition) is 4. The Balaban J connectivity index is 1.83. The van der Waals surface area contributed by atoms with Crippen molar-refractivity contribution in [1.82, 2.24) is 14.8 Å². The summed E-state index contributed by atoms with van der Waals surface area (Å²) in [7, 11) is 0. The van der Waals surface area contributed by atoms with Crippen molar-refractivity contribution < 1.29 is 9.84 Å². The Morgan fingerprint density at radius 2 is 2.24 bits per heavy atom. The first-order chi connectivity index (χ1) is 8.38. The summed E-state index contributed by atoms with van der Waals surface area (Å²) in [5, 5.41) is 17.8. The van der Waals surface area contributed by atoms with Crippen LogP contribution in [0, 0.1) is 5.92 Å². The largest absolute Gasteiger partial charge is 0.396 e.